The van der Waals surface area contributed by atoms with Crippen LogP contribution in [0.4, 0.5) is 21.9 Å². The molecule has 0 aliphatic heterocycles. The smallest absolute Gasteiger partial charge is 0.319 e. The first-order valence-electron chi connectivity index (χ1n) is 11.4. The van der Waals surface area contributed by atoms with Crippen LogP contribution in [0.5, 0.6) is 0 Å². The van der Waals surface area contributed by atoms with Crippen LogP contribution in [0.2, 0.25) is 0 Å². The van der Waals surface area contributed by atoms with E-state index < -0.39 is 27.7 Å². The van der Waals surface area contributed by atoms with Crippen molar-refractivity contribution in [1.82, 2.24) is 10.3 Å². The van der Waals surface area contributed by atoms with Gasteiger partial charge in [0.15, 0.2) is 0 Å². The van der Waals surface area contributed by atoms with E-state index in [-0.39, 0.29) is 5.69 Å². The lowest BCUT2D eigenvalue weighted by Crippen LogP contribution is -2.28. The van der Waals surface area contributed by atoms with Gasteiger partial charge in [-0.05, 0) is 47.5 Å². The molecule has 3 aromatic carbocycles. The maximum atomic E-state index is 12.6. The van der Waals surface area contributed by atoms with Crippen LogP contribution < -0.4 is 20.7 Å². The first-order valence-corrected chi connectivity index (χ1v) is 13.0. The molecular formula is C27H25N5O4S. The van der Waals surface area contributed by atoms with Gasteiger partial charge in [0, 0.05) is 41.6 Å². The van der Waals surface area contributed by atoms with Gasteiger partial charge in [-0.3, -0.25) is 14.5 Å². The van der Waals surface area contributed by atoms with Crippen molar-refractivity contribution in [2.24, 2.45) is 0 Å². The average molecular weight is 516 g/mol. The third-order valence-corrected chi connectivity index (χ3v) is 6.39. The van der Waals surface area contributed by atoms with E-state index in [4.69, 9.17) is 0 Å². The Labute approximate surface area is 215 Å². The highest BCUT2D eigenvalue weighted by atomic mass is 32.2. The van der Waals surface area contributed by atoms with Gasteiger partial charge in [-0.25, -0.2) is 13.2 Å². The summed E-state index contributed by atoms with van der Waals surface area (Å²) in [5, 5.41) is 8.07. The quantitative estimate of drug-likeness (QED) is 0.262. The van der Waals surface area contributed by atoms with Gasteiger partial charge in [-0.1, -0.05) is 54.6 Å². The Hall–Kier alpha value is -4.70. The van der Waals surface area contributed by atoms with E-state index in [1.54, 1.807) is 42.7 Å². The summed E-state index contributed by atoms with van der Waals surface area (Å²) in [4.78, 5) is 28.6. The second-order valence-corrected chi connectivity index (χ2v) is 9.79. The molecule has 0 saturated carbocycles. The summed E-state index contributed by atoms with van der Waals surface area (Å²) in [5.41, 5.74) is 3.80. The largest absolute Gasteiger partial charge is 0.334 e. The standard InChI is InChI=1S/C27H25N5O4S/c33-26(31-25-11-5-4-10-24(25)21-8-2-1-3-9-21)19-37(35,36)32-23-14-12-22(13-15-23)30-27(34)29-18-20-7-6-16-28-17-20/h1-17,32H,18-19H2,(H,31,33)(H2,29,30,34). The Balaban J connectivity index is 1.31. The van der Waals surface area contributed by atoms with Crippen molar-refractivity contribution in [3.8, 4) is 11.1 Å². The fourth-order valence-electron chi connectivity index (χ4n) is 3.52. The zero-order chi connectivity index (χ0) is 26.1. The number of rotatable bonds is 9. The number of amides is 3. The monoisotopic (exact) mass is 515 g/mol. The molecule has 0 aliphatic carbocycles. The molecule has 3 amide bonds. The van der Waals surface area contributed by atoms with Crippen LogP contribution in [0.15, 0.2) is 103 Å². The molecule has 0 spiro atoms. The summed E-state index contributed by atoms with van der Waals surface area (Å²) in [5.74, 6) is -1.42. The van der Waals surface area contributed by atoms with Crippen molar-refractivity contribution < 1.29 is 18.0 Å². The molecule has 0 saturated heterocycles. The number of aromatic nitrogens is 1. The van der Waals surface area contributed by atoms with Gasteiger partial charge in [-0.2, -0.15) is 0 Å². The number of carbonyl (C=O) groups excluding carboxylic acids is 2. The maximum absolute atomic E-state index is 12.6. The van der Waals surface area contributed by atoms with Crippen molar-refractivity contribution >= 4 is 39.0 Å². The second kappa shape index (κ2) is 11.8. The number of carbonyl (C=O) groups is 2. The van der Waals surface area contributed by atoms with E-state index in [1.807, 2.05) is 48.5 Å². The predicted octanol–water partition coefficient (Wildman–Crippen LogP) is 4.45. The Morgan fingerprint density at radius 2 is 1.46 bits per heavy atom. The van der Waals surface area contributed by atoms with Crippen molar-refractivity contribution in [1.29, 1.82) is 0 Å². The fourth-order valence-corrected chi connectivity index (χ4v) is 4.50. The van der Waals surface area contributed by atoms with Crippen molar-refractivity contribution in [3.63, 3.8) is 0 Å². The topological polar surface area (TPSA) is 129 Å². The molecule has 10 heteroatoms. The number of nitrogens with zero attached hydrogens (tertiary/aromatic N) is 1. The summed E-state index contributed by atoms with van der Waals surface area (Å²) in [6, 6.07) is 26.0. The number of nitrogens with one attached hydrogen (secondary N) is 4. The van der Waals surface area contributed by atoms with E-state index >= 15 is 0 Å². The molecule has 1 aromatic heterocycles. The minimum atomic E-state index is -3.97. The number of para-hydroxylation sites is 1. The highest BCUT2D eigenvalue weighted by Gasteiger charge is 2.18. The number of benzene rings is 3. The Kier molecular flexibility index (Phi) is 8.11. The lowest BCUT2D eigenvalue weighted by molar-refractivity contribution is -0.113. The molecule has 0 aliphatic rings. The minimum Gasteiger partial charge on any atom is -0.334 e. The van der Waals surface area contributed by atoms with Crippen LogP contribution in [-0.2, 0) is 21.4 Å². The van der Waals surface area contributed by atoms with Gasteiger partial charge in [0.2, 0.25) is 15.9 Å². The second-order valence-electron chi connectivity index (χ2n) is 8.07. The van der Waals surface area contributed by atoms with Gasteiger partial charge >= 0.3 is 6.03 Å². The van der Waals surface area contributed by atoms with Crippen LogP contribution in [0.25, 0.3) is 11.1 Å². The van der Waals surface area contributed by atoms with Gasteiger partial charge in [0.05, 0.1) is 0 Å². The van der Waals surface area contributed by atoms with Crippen molar-refractivity contribution in [2.75, 3.05) is 21.1 Å². The van der Waals surface area contributed by atoms with Crippen LogP contribution in [0.3, 0.4) is 0 Å². The van der Waals surface area contributed by atoms with Crippen LogP contribution in [-0.4, -0.2) is 31.1 Å². The number of hydrogen-bond acceptors (Lipinski definition) is 5. The Morgan fingerprint density at radius 1 is 0.757 bits per heavy atom. The molecule has 9 nitrogen and oxygen atoms in total. The van der Waals surface area contributed by atoms with E-state index in [9.17, 15) is 18.0 Å². The average Bonchev–Trinajstić information content (AvgIpc) is 2.89. The molecule has 4 N–H and O–H groups in total. The predicted molar refractivity (Wildman–Crippen MR) is 144 cm³/mol. The minimum absolute atomic E-state index is 0.263. The van der Waals surface area contributed by atoms with Gasteiger partial charge < -0.3 is 16.0 Å². The summed E-state index contributed by atoms with van der Waals surface area (Å²) in [7, 11) is -3.97. The number of sulfonamides is 1. The molecular weight excluding hydrogens is 490 g/mol. The molecule has 1 heterocycles. The highest BCUT2D eigenvalue weighted by Crippen LogP contribution is 2.27. The zero-order valence-corrected chi connectivity index (χ0v) is 20.5. The summed E-state index contributed by atoms with van der Waals surface area (Å²) >= 11 is 0. The maximum Gasteiger partial charge on any atom is 0.319 e. The molecule has 37 heavy (non-hydrogen) atoms. The van der Waals surface area contributed by atoms with Gasteiger partial charge in [0.25, 0.3) is 0 Å². The molecule has 0 bridgehead atoms. The molecule has 188 valence electrons. The Morgan fingerprint density at radius 3 is 2.19 bits per heavy atom. The zero-order valence-electron chi connectivity index (χ0n) is 19.7. The normalized spacial score (nSPS) is 10.8. The molecule has 4 aromatic rings. The van der Waals surface area contributed by atoms with Crippen molar-refractivity contribution in [2.45, 2.75) is 6.54 Å². The molecule has 0 fully saturated rings. The summed E-state index contributed by atoms with van der Waals surface area (Å²) in [6.07, 6.45) is 3.31. The first-order chi connectivity index (χ1) is 17.9. The first kappa shape index (κ1) is 25.4. The molecule has 0 radical (unpaired) electrons. The summed E-state index contributed by atoms with van der Waals surface area (Å²) in [6.45, 7) is 0.315. The number of urea groups is 1. The number of hydrogen-bond donors (Lipinski definition) is 4. The SMILES string of the molecule is O=C(CS(=O)(=O)Nc1ccc(NC(=O)NCc2cccnc2)cc1)Nc1ccccc1-c1ccccc1. The highest BCUT2D eigenvalue weighted by molar-refractivity contribution is 7.93. The van der Waals surface area contributed by atoms with E-state index in [0.29, 0.717) is 17.9 Å². The van der Waals surface area contributed by atoms with E-state index in [1.165, 1.54) is 12.1 Å². The number of anilines is 3. The molecule has 4 rings (SSSR count). The van der Waals surface area contributed by atoms with Crippen molar-refractivity contribution in [3.05, 3.63) is 109 Å². The van der Waals surface area contributed by atoms with Gasteiger partial charge in [-0.15, -0.1) is 0 Å². The third-order valence-electron chi connectivity index (χ3n) is 5.20. The lowest BCUT2D eigenvalue weighted by Gasteiger charge is -2.13. The summed E-state index contributed by atoms with van der Waals surface area (Å²) < 4.78 is 27.5. The van der Waals surface area contributed by atoms with Crippen LogP contribution in [0.1, 0.15) is 5.56 Å². The molecule has 0 unspecified atom stereocenters. The fraction of sp³-hybridized carbons (Fsp3) is 0.0741. The third kappa shape index (κ3) is 7.64. The van der Waals surface area contributed by atoms with Crippen LogP contribution in [0, 0.1) is 0 Å². The van der Waals surface area contributed by atoms with E-state index in [2.05, 4.69) is 25.7 Å². The van der Waals surface area contributed by atoms with Crippen LogP contribution >= 0.6 is 0 Å². The Bertz CT molecular complexity index is 1460. The van der Waals surface area contributed by atoms with E-state index in [0.717, 1.165) is 16.7 Å². The van der Waals surface area contributed by atoms with Gasteiger partial charge in [0.1, 0.15) is 5.75 Å². The lowest BCUT2D eigenvalue weighted by atomic mass is 10.0. The number of pyridine rings is 1. The molecule has 0 atom stereocenters.